The van der Waals surface area contributed by atoms with Gasteiger partial charge in [-0.15, -0.1) is 0 Å². The Labute approximate surface area is 295 Å². The lowest BCUT2D eigenvalue weighted by Gasteiger charge is -2.15. The summed E-state index contributed by atoms with van der Waals surface area (Å²) in [6.45, 7) is 9.00. The number of nitrogens with one attached hydrogen (secondary N) is 3. The fraction of sp³-hybridized carbons (Fsp3) is 0.952. The Morgan fingerprint density at radius 2 is 0.723 bits per heavy atom. The fourth-order valence-electron chi connectivity index (χ4n) is 6.56. The van der Waals surface area contributed by atoms with Crippen molar-refractivity contribution in [3.05, 3.63) is 0 Å². The third-order valence-electron chi connectivity index (χ3n) is 9.73. The topological polar surface area (TPSA) is 70.2 Å². The van der Waals surface area contributed by atoms with Gasteiger partial charge in [0.2, 0.25) is 11.8 Å². The minimum absolute atomic E-state index is 0.138. The molecule has 0 aromatic rings. The van der Waals surface area contributed by atoms with Gasteiger partial charge in [0.25, 0.3) is 0 Å². The summed E-state index contributed by atoms with van der Waals surface area (Å²) in [7, 11) is 0. The van der Waals surface area contributed by atoms with Crippen LogP contribution in [0.2, 0.25) is 0 Å². The molecule has 47 heavy (non-hydrogen) atoms. The van der Waals surface area contributed by atoms with Crippen LogP contribution in [0.25, 0.3) is 0 Å². The largest absolute Gasteiger partial charge is 0.356 e. The summed E-state index contributed by atoms with van der Waals surface area (Å²) in [5.74, 6) is 0.374. The van der Waals surface area contributed by atoms with E-state index in [9.17, 15) is 9.59 Å². The van der Waals surface area contributed by atoms with E-state index in [-0.39, 0.29) is 17.9 Å². The third kappa shape index (κ3) is 39.2. The van der Waals surface area contributed by atoms with Crippen LogP contribution in [-0.2, 0) is 9.59 Å². The maximum Gasteiger partial charge on any atom is 0.220 e. The van der Waals surface area contributed by atoms with Gasteiger partial charge in [-0.25, -0.2) is 0 Å². The van der Waals surface area contributed by atoms with E-state index >= 15 is 0 Å². The Kier molecular flexibility index (Phi) is 38.4. The molecule has 0 bridgehead atoms. The number of carbonyl (C=O) groups is 2. The van der Waals surface area contributed by atoms with Crippen molar-refractivity contribution in [2.45, 2.75) is 239 Å². The molecule has 0 fully saturated rings. The molecule has 0 heterocycles. The van der Waals surface area contributed by atoms with Crippen molar-refractivity contribution < 1.29 is 9.59 Å². The van der Waals surface area contributed by atoms with Crippen LogP contribution in [0.1, 0.15) is 233 Å². The summed E-state index contributed by atoms with van der Waals surface area (Å²) in [5.41, 5.74) is 0. The molecule has 0 aliphatic heterocycles. The van der Waals surface area contributed by atoms with Crippen LogP contribution in [0.3, 0.4) is 0 Å². The molecule has 0 aliphatic rings. The highest BCUT2D eigenvalue weighted by Gasteiger charge is 2.07. The van der Waals surface area contributed by atoms with Gasteiger partial charge in [-0.3, -0.25) is 9.59 Å². The van der Waals surface area contributed by atoms with Gasteiger partial charge in [-0.2, -0.15) is 0 Å². The summed E-state index contributed by atoms with van der Waals surface area (Å²) in [4.78, 5) is 24.4. The molecule has 0 saturated carbocycles. The summed E-state index contributed by atoms with van der Waals surface area (Å²) < 4.78 is 0. The van der Waals surface area contributed by atoms with Crippen molar-refractivity contribution in [3.63, 3.8) is 0 Å². The zero-order valence-corrected chi connectivity index (χ0v) is 32.3. The van der Waals surface area contributed by atoms with E-state index in [1.54, 1.807) is 0 Å². The first-order valence-corrected chi connectivity index (χ1v) is 21.4. The van der Waals surface area contributed by atoms with E-state index in [0.29, 0.717) is 12.8 Å². The van der Waals surface area contributed by atoms with Gasteiger partial charge in [0.05, 0.1) is 0 Å². The van der Waals surface area contributed by atoms with Crippen LogP contribution in [0.4, 0.5) is 0 Å². The van der Waals surface area contributed by atoms with Gasteiger partial charge in [0.1, 0.15) is 0 Å². The van der Waals surface area contributed by atoms with Crippen molar-refractivity contribution in [3.8, 4) is 0 Å². The van der Waals surface area contributed by atoms with E-state index in [4.69, 9.17) is 0 Å². The van der Waals surface area contributed by atoms with Crippen LogP contribution < -0.4 is 16.0 Å². The SMILES string of the molecule is CCCCCCCCCCCCCCCCCC(=O)NCCCNCC(C)NC(=O)CCCCCCCCCCCCCCCCC. The van der Waals surface area contributed by atoms with Gasteiger partial charge >= 0.3 is 0 Å². The normalized spacial score (nSPS) is 12.0. The Morgan fingerprint density at radius 1 is 0.404 bits per heavy atom. The van der Waals surface area contributed by atoms with Gasteiger partial charge in [0.15, 0.2) is 0 Å². The van der Waals surface area contributed by atoms with Crippen LogP contribution in [-0.4, -0.2) is 37.5 Å². The molecule has 0 rings (SSSR count). The zero-order valence-electron chi connectivity index (χ0n) is 32.3. The Morgan fingerprint density at radius 3 is 1.09 bits per heavy atom. The lowest BCUT2D eigenvalue weighted by Crippen LogP contribution is -2.40. The molecule has 0 saturated heterocycles. The van der Waals surface area contributed by atoms with Crippen LogP contribution in [0.5, 0.6) is 0 Å². The molecule has 1 atom stereocenters. The van der Waals surface area contributed by atoms with Crippen LogP contribution in [0, 0.1) is 0 Å². The van der Waals surface area contributed by atoms with Crippen molar-refractivity contribution >= 4 is 11.8 Å². The molecular formula is C42H85N3O2. The lowest BCUT2D eigenvalue weighted by molar-refractivity contribution is -0.122. The fourth-order valence-corrected chi connectivity index (χ4v) is 6.56. The van der Waals surface area contributed by atoms with Crippen LogP contribution in [0.15, 0.2) is 0 Å². The van der Waals surface area contributed by atoms with E-state index in [2.05, 4.69) is 36.7 Å². The molecule has 2 amide bonds. The second kappa shape index (κ2) is 39.3. The lowest BCUT2D eigenvalue weighted by atomic mass is 10.0. The third-order valence-corrected chi connectivity index (χ3v) is 9.73. The highest BCUT2D eigenvalue weighted by Crippen LogP contribution is 2.15. The van der Waals surface area contributed by atoms with Gasteiger partial charge in [-0.1, -0.05) is 194 Å². The maximum atomic E-state index is 12.3. The Bertz CT molecular complexity index is 641. The Hall–Kier alpha value is -1.10. The second-order valence-electron chi connectivity index (χ2n) is 14.8. The average molecular weight is 664 g/mol. The van der Waals surface area contributed by atoms with Crippen molar-refractivity contribution in [1.29, 1.82) is 0 Å². The van der Waals surface area contributed by atoms with E-state index in [1.165, 1.54) is 180 Å². The van der Waals surface area contributed by atoms with E-state index in [0.717, 1.165) is 38.9 Å². The van der Waals surface area contributed by atoms with Crippen molar-refractivity contribution in [2.75, 3.05) is 19.6 Å². The smallest absolute Gasteiger partial charge is 0.220 e. The summed E-state index contributed by atoms with van der Waals surface area (Å²) in [5, 5.41) is 9.61. The molecule has 0 aliphatic carbocycles. The first kappa shape index (κ1) is 45.9. The average Bonchev–Trinajstić information content (AvgIpc) is 3.06. The predicted molar refractivity (Wildman–Crippen MR) is 207 cm³/mol. The van der Waals surface area contributed by atoms with E-state index < -0.39 is 0 Å². The molecule has 0 spiro atoms. The molecule has 0 aromatic heterocycles. The number of unbranched alkanes of at least 4 members (excludes halogenated alkanes) is 28. The summed E-state index contributed by atoms with van der Waals surface area (Å²) in [6, 6.07) is 0.138. The van der Waals surface area contributed by atoms with Gasteiger partial charge < -0.3 is 16.0 Å². The maximum absolute atomic E-state index is 12.3. The highest BCUT2D eigenvalue weighted by atomic mass is 16.2. The van der Waals surface area contributed by atoms with Crippen molar-refractivity contribution in [1.82, 2.24) is 16.0 Å². The first-order valence-electron chi connectivity index (χ1n) is 21.4. The summed E-state index contributed by atoms with van der Waals surface area (Å²) in [6.07, 6.45) is 42.7. The second-order valence-corrected chi connectivity index (χ2v) is 14.8. The molecular weight excluding hydrogens is 578 g/mol. The monoisotopic (exact) mass is 664 g/mol. The number of carbonyl (C=O) groups excluding carboxylic acids is 2. The van der Waals surface area contributed by atoms with E-state index in [1.807, 2.05) is 0 Å². The first-order chi connectivity index (χ1) is 23.1. The molecule has 0 radical (unpaired) electrons. The molecule has 1 unspecified atom stereocenters. The molecule has 5 heteroatoms. The number of hydrogen-bond acceptors (Lipinski definition) is 3. The van der Waals surface area contributed by atoms with Gasteiger partial charge in [-0.05, 0) is 32.7 Å². The number of amides is 2. The zero-order chi connectivity index (χ0) is 34.3. The Balaban J connectivity index is 3.35. The van der Waals surface area contributed by atoms with Gasteiger partial charge in [0, 0.05) is 32.0 Å². The predicted octanol–water partition coefficient (Wildman–Crippen LogP) is 12.1. The molecule has 280 valence electrons. The number of hydrogen-bond donors (Lipinski definition) is 3. The molecule has 3 N–H and O–H groups in total. The van der Waals surface area contributed by atoms with Crippen molar-refractivity contribution in [2.24, 2.45) is 0 Å². The molecule has 0 aromatic carbocycles. The minimum atomic E-state index is 0.138. The summed E-state index contributed by atoms with van der Waals surface area (Å²) >= 11 is 0. The minimum Gasteiger partial charge on any atom is -0.356 e. The quantitative estimate of drug-likeness (QED) is 0.0573. The molecule has 5 nitrogen and oxygen atoms in total. The van der Waals surface area contributed by atoms with Crippen LogP contribution >= 0.6 is 0 Å². The standard InChI is InChI=1S/C42H85N3O2/c1-4-6-8-10-12-14-16-18-20-22-24-26-28-30-32-35-41(46)44-38-34-37-43-39-40(3)45-42(47)36-33-31-29-27-25-23-21-19-17-15-13-11-9-7-5-2/h40,43H,4-39H2,1-3H3,(H,44,46)(H,45,47). The number of rotatable bonds is 39. The highest BCUT2D eigenvalue weighted by molar-refractivity contribution is 5.76.